The summed E-state index contributed by atoms with van der Waals surface area (Å²) in [5, 5.41) is 2.88. The van der Waals surface area contributed by atoms with E-state index in [1.807, 2.05) is 0 Å². The monoisotopic (exact) mass is 171 g/mol. The molecule has 0 rings (SSSR count). The molecule has 0 heterocycles. The van der Waals surface area contributed by atoms with Crippen molar-refractivity contribution < 1.29 is 4.79 Å². The number of hydrogen-bond acceptors (Lipinski definition) is 1. The Morgan fingerprint density at radius 1 is 1.25 bits per heavy atom. The Kier molecular flexibility index (Phi) is 5.77. The first-order chi connectivity index (χ1) is 5.52. The fourth-order valence-electron chi connectivity index (χ4n) is 1.25. The van der Waals surface area contributed by atoms with Crippen LogP contribution in [0.3, 0.4) is 0 Å². The third-order valence-electron chi connectivity index (χ3n) is 1.87. The molecule has 2 nitrogen and oxygen atoms in total. The van der Waals surface area contributed by atoms with Gasteiger partial charge in [-0.25, -0.2) is 0 Å². The SMILES string of the molecule is CC(=O)NC(C)CCCC(C)C. The first-order valence-corrected chi connectivity index (χ1v) is 4.79. The summed E-state index contributed by atoms with van der Waals surface area (Å²) in [7, 11) is 0. The van der Waals surface area contributed by atoms with Gasteiger partial charge in [0, 0.05) is 13.0 Å². The lowest BCUT2D eigenvalue weighted by Crippen LogP contribution is -2.30. The van der Waals surface area contributed by atoms with Gasteiger partial charge in [-0.15, -0.1) is 0 Å². The summed E-state index contributed by atoms with van der Waals surface area (Å²) >= 11 is 0. The fraction of sp³-hybridized carbons (Fsp3) is 0.900. The summed E-state index contributed by atoms with van der Waals surface area (Å²) in [5.74, 6) is 0.849. The zero-order valence-corrected chi connectivity index (χ0v) is 8.68. The molecule has 0 aromatic rings. The minimum Gasteiger partial charge on any atom is -0.354 e. The van der Waals surface area contributed by atoms with Gasteiger partial charge in [-0.1, -0.05) is 26.7 Å². The van der Waals surface area contributed by atoms with Crippen molar-refractivity contribution in [2.45, 2.75) is 53.0 Å². The Hall–Kier alpha value is -0.530. The van der Waals surface area contributed by atoms with Gasteiger partial charge >= 0.3 is 0 Å². The lowest BCUT2D eigenvalue weighted by molar-refractivity contribution is -0.119. The quantitative estimate of drug-likeness (QED) is 0.676. The van der Waals surface area contributed by atoms with Crippen molar-refractivity contribution >= 4 is 5.91 Å². The van der Waals surface area contributed by atoms with Crippen LogP contribution in [0, 0.1) is 5.92 Å². The Bertz CT molecular complexity index is 132. The molecule has 2 heteroatoms. The first-order valence-electron chi connectivity index (χ1n) is 4.79. The molecule has 1 atom stereocenters. The van der Waals surface area contributed by atoms with Crippen LogP contribution in [0.5, 0.6) is 0 Å². The molecule has 1 unspecified atom stereocenters. The van der Waals surface area contributed by atoms with Crippen molar-refractivity contribution in [3.05, 3.63) is 0 Å². The van der Waals surface area contributed by atoms with Crippen LogP contribution in [0.15, 0.2) is 0 Å². The van der Waals surface area contributed by atoms with Crippen LogP contribution in [0.25, 0.3) is 0 Å². The number of hydrogen-bond donors (Lipinski definition) is 1. The van der Waals surface area contributed by atoms with Gasteiger partial charge in [0.05, 0.1) is 0 Å². The van der Waals surface area contributed by atoms with Crippen LogP contribution in [0.2, 0.25) is 0 Å². The van der Waals surface area contributed by atoms with Gasteiger partial charge in [-0.2, -0.15) is 0 Å². The van der Waals surface area contributed by atoms with Gasteiger partial charge in [-0.05, 0) is 19.3 Å². The average molecular weight is 171 g/mol. The molecule has 12 heavy (non-hydrogen) atoms. The average Bonchev–Trinajstić information content (AvgIpc) is 1.84. The molecule has 0 aromatic heterocycles. The van der Waals surface area contributed by atoms with E-state index < -0.39 is 0 Å². The van der Waals surface area contributed by atoms with Crippen LogP contribution < -0.4 is 5.32 Å². The second-order valence-corrected chi connectivity index (χ2v) is 3.93. The summed E-state index contributed by atoms with van der Waals surface area (Å²) in [6.07, 6.45) is 3.56. The predicted octanol–water partition coefficient (Wildman–Crippen LogP) is 2.34. The van der Waals surface area contributed by atoms with Gasteiger partial charge in [0.25, 0.3) is 0 Å². The molecule has 0 saturated carbocycles. The lowest BCUT2D eigenvalue weighted by atomic mass is 10.0. The third kappa shape index (κ3) is 7.58. The van der Waals surface area contributed by atoms with Crippen molar-refractivity contribution in [2.24, 2.45) is 5.92 Å². The molecule has 0 spiro atoms. The van der Waals surface area contributed by atoms with Crippen LogP contribution >= 0.6 is 0 Å². The molecule has 1 amide bonds. The maximum atomic E-state index is 10.6. The van der Waals surface area contributed by atoms with E-state index in [1.54, 1.807) is 6.92 Å². The molecule has 0 saturated heterocycles. The normalized spacial score (nSPS) is 13.1. The number of amides is 1. The van der Waals surface area contributed by atoms with E-state index in [0.717, 1.165) is 12.3 Å². The highest BCUT2D eigenvalue weighted by atomic mass is 16.1. The number of carbonyl (C=O) groups is 1. The molecular formula is C10H21NO. The summed E-state index contributed by atoms with van der Waals surface area (Å²) in [6.45, 7) is 8.08. The van der Waals surface area contributed by atoms with Gasteiger partial charge in [0.15, 0.2) is 0 Å². The molecule has 0 fully saturated rings. The highest BCUT2D eigenvalue weighted by Crippen LogP contribution is 2.07. The number of nitrogens with one attached hydrogen (secondary N) is 1. The van der Waals surface area contributed by atoms with E-state index in [9.17, 15) is 4.79 Å². The van der Waals surface area contributed by atoms with E-state index in [-0.39, 0.29) is 5.91 Å². The molecule has 0 aliphatic rings. The summed E-state index contributed by atoms with van der Waals surface area (Å²) < 4.78 is 0. The van der Waals surface area contributed by atoms with Crippen molar-refractivity contribution in [3.63, 3.8) is 0 Å². The minimum absolute atomic E-state index is 0.0760. The van der Waals surface area contributed by atoms with Crippen LogP contribution in [-0.4, -0.2) is 11.9 Å². The predicted molar refractivity (Wildman–Crippen MR) is 52.0 cm³/mol. The molecule has 0 aromatic carbocycles. The van der Waals surface area contributed by atoms with E-state index in [0.29, 0.717) is 6.04 Å². The maximum absolute atomic E-state index is 10.6. The Morgan fingerprint density at radius 2 is 1.83 bits per heavy atom. The second-order valence-electron chi connectivity index (χ2n) is 3.93. The molecule has 0 radical (unpaired) electrons. The molecule has 72 valence electrons. The topological polar surface area (TPSA) is 29.1 Å². The van der Waals surface area contributed by atoms with Gasteiger partial charge in [-0.3, -0.25) is 4.79 Å². The van der Waals surface area contributed by atoms with Crippen LogP contribution in [-0.2, 0) is 4.79 Å². The zero-order valence-electron chi connectivity index (χ0n) is 8.68. The summed E-state index contributed by atoms with van der Waals surface area (Å²) in [5.41, 5.74) is 0. The highest BCUT2D eigenvalue weighted by molar-refractivity contribution is 5.73. The Morgan fingerprint density at radius 3 is 2.25 bits per heavy atom. The van der Waals surface area contributed by atoms with Crippen molar-refractivity contribution in [3.8, 4) is 0 Å². The van der Waals surface area contributed by atoms with Crippen LogP contribution in [0.4, 0.5) is 0 Å². The molecule has 0 bridgehead atoms. The third-order valence-corrected chi connectivity index (χ3v) is 1.87. The van der Waals surface area contributed by atoms with E-state index in [2.05, 4.69) is 26.1 Å². The summed E-state index contributed by atoms with van der Waals surface area (Å²) in [4.78, 5) is 10.6. The zero-order chi connectivity index (χ0) is 9.56. The second kappa shape index (κ2) is 6.04. The van der Waals surface area contributed by atoms with Crippen molar-refractivity contribution in [2.75, 3.05) is 0 Å². The first kappa shape index (κ1) is 11.5. The van der Waals surface area contributed by atoms with Crippen molar-refractivity contribution in [1.29, 1.82) is 0 Å². The molecule has 0 aliphatic heterocycles. The van der Waals surface area contributed by atoms with E-state index >= 15 is 0 Å². The highest BCUT2D eigenvalue weighted by Gasteiger charge is 2.02. The largest absolute Gasteiger partial charge is 0.354 e. The smallest absolute Gasteiger partial charge is 0.217 e. The van der Waals surface area contributed by atoms with Gasteiger partial charge in [0.1, 0.15) is 0 Å². The van der Waals surface area contributed by atoms with Crippen molar-refractivity contribution in [1.82, 2.24) is 5.32 Å². The minimum atomic E-state index is 0.0760. The van der Waals surface area contributed by atoms with E-state index in [1.165, 1.54) is 12.8 Å². The Labute approximate surface area is 75.7 Å². The van der Waals surface area contributed by atoms with Crippen LogP contribution in [0.1, 0.15) is 47.0 Å². The Balaban J connectivity index is 3.31. The van der Waals surface area contributed by atoms with Gasteiger partial charge in [0.2, 0.25) is 5.91 Å². The number of rotatable bonds is 5. The molecular weight excluding hydrogens is 150 g/mol. The standard InChI is InChI=1S/C10H21NO/c1-8(2)6-5-7-9(3)11-10(4)12/h8-9H,5-7H2,1-4H3,(H,11,12). The summed E-state index contributed by atoms with van der Waals surface area (Å²) in [6, 6.07) is 0.334. The molecule has 1 N–H and O–H groups in total. The van der Waals surface area contributed by atoms with Gasteiger partial charge < -0.3 is 5.32 Å². The number of carbonyl (C=O) groups excluding carboxylic acids is 1. The molecule has 0 aliphatic carbocycles. The fourth-order valence-corrected chi connectivity index (χ4v) is 1.25. The lowest BCUT2D eigenvalue weighted by Gasteiger charge is -2.12. The maximum Gasteiger partial charge on any atom is 0.217 e. The van der Waals surface area contributed by atoms with E-state index in [4.69, 9.17) is 0 Å².